The van der Waals surface area contributed by atoms with Crippen LogP contribution in [0.15, 0.2) is 27.8 Å². The molecule has 0 atom stereocenters. The van der Waals surface area contributed by atoms with Crippen LogP contribution in [0.2, 0.25) is 10.0 Å². The lowest BCUT2D eigenvalue weighted by Gasteiger charge is -2.08. The van der Waals surface area contributed by atoms with Crippen molar-refractivity contribution >= 4 is 46.5 Å². The number of aromatic nitrogens is 1. The van der Waals surface area contributed by atoms with Gasteiger partial charge < -0.3 is 14.0 Å². The SMILES string of the molecule is CCOC(=O)/C(=N\Nc1ccc(Cl)cc1Cl)c1onc(C)c1C(=O)OCC. The van der Waals surface area contributed by atoms with Gasteiger partial charge in [-0.15, -0.1) is 0 Å². The summed E-state index contributed by atoms with van der Waals surface area (Å²) in [5.41, 5.74) is 2.99. The topological polar surface area (TPSA) is 103 Å². The zero-order valence-electron chi connectivity index (χ0n) is 14.8. The number of hydrogen-bond donors (Lipinski definition) is 1. The van der Waals surface area contributed by atoms with Gasteiger partial charge >= 0.3 is 11.9 Å². The van der Waals surface area contributed by atoms with Gasteiger partial charge in [0, 0.05) is 5.02 Å². The van der Waals surface area contributed by atoms with Crippen LogP contribution >= 0.6 is 23.2 Å². The zero-order chi connectivity index (χ0) is 20.0. The van der Waals surface area contributed by atoms with E-state index in [1.54, 1.807) is 32.9 Å². The molecule has 0 aliphatic rings. The molecule has 0 aliphatic heterocycles. The van der Waals surface area contributed by atoms with E-state index >= 15 is 0 Å². The summed E-state index contributed by atoms with van der Waals surface area (Å²) < 4.78 is 15.1. The van der Waals surface area contributed by atoms with Crippen LogP contribution in [0, 0.1) is 6.92 Å². The first-order valence-corrected chi connectivity index (χ1v) is 8.74. The van der Waals surface area contributed by atoms with Crippen LogP contribution in [0.5, 0.6) is 0 Å². The molecular weight excluding hydrogens is 397 g/mol. The summed E-state index contributed by atoms with van der Waals surface area (Å²) >= 11 is 11.9. The summed E-state index contributed by atoms with van der Waals surface area (Å²) in [6.45, 7) is 5.09. The Morgan fingerprint density at radius 3 is 2.56 bits per heavy atom. The normalized spacial score (nSPS) is 11.2. The third-order valence-corrected chi connectivity index (χ3v) is 3.79. The molecule has 0 amide bonds. The fraction of sp³-hybridized carbons (Fsp3) is 0.294. The summed E-state index contributed by atoms with van der Waals surface area (Å²) in [4.78, 5) is 24.6. The molecule has 2 rings (SSSR count). The average molecular weight is 414 g/mol. The van der Waals surface area contributed by atoms with Crippen molar-refractivity contribution < 1.29 is 23.6 Å². The van der Waals surface area contributed by atoms with Crippen LogP contribution in [0.3, 0.4) is 0 Å². The van der Waals surface area contributed by atoms with Gasteiger partial charge in [0.2, 0.25) is 11.5 Å². The van der Waals surface area contributed by atoms with E-state index in [1.165, 1.54) is 6.07 Å². The number of ether oxygens (including phenoxy) is 2. The van der Waals surface area contributed by atoms with E-state index in [4.69, 9.17) is 37.2 Å². The Kier molecular flexibility index (Phi) is 7.20. The van der Waals surface area contributed by atoms with Crippen molar-refractivity contribution in [3.05, 3.63) is 45.3 Å². The molecule has 8 nitrogen and oxygen atoms in total. The second-order valence-corrected chi connectivity index (χ2v) is 5.95. The summed E-state index contributed by atoms with van der Waals surface area (Å²) in [6.07, 6.45) is 0. The summed E-state index contributed by atoms with van der Waals surface area (Å²) in [6, 6.07) is 4.68. The van der Waals surface area contributed by atoms with Crippen molar-refractivity contribution in [2.45, 2.75) is 20.8 Å². The number of hydrazone groups is 1. The number of halogens is 2. The molecule has 2 aromatic rings. The van der Waals surface area contributed by atoms with E-state index in [0.29, 0.717) is 10.7 Å². The van der Waals surface area contributed by atoms with E-state index in [0.717, 1.165) is 0 Å². The molecule has 0 spiro atoms. The van der Waals surface area contributed by atoms with Gasteiger partial charge in [0.05, 0.1) is 29.6 Å². The minimum Gasteiger partial charge on any atom is -0.462 e. The van der Waals surface area contributed by atoms with E-state index < -0.39 is 11.9 Å². The minimum absolute atomic E-state index is 0.00680. The number of aryl methyl sites for hydroxylation is 1. The Balaban J connectivity index is 2.47. The van der Waals surface area contributed by atoms with Gasteiger partial charge in [0.25, 0.3) is 0 Å². The number of anilines is 1. The van der Waals surface area contributed by atoms with Crippen molar-refractivity contribution in [3.8, 4) is 0 Å². The average Bonchev–Trinajstić information content (AvgIpc) is 2.98. The molecule has 0 fully saturated rings. The number of carbonyl (C=O) groups is 2. The number of benzene rings is 1. The second-order valence-electron chi connectivity index (χ2n) is 5.11. The Bertz CT molecular complexity index is 879. The van der Waals surface area contributed by atoms with Crippen LogP contribution in [-0.4, -0.2) is 36.0 Å². The predicted molar refractivity (Wildman–Crippen MR) is 100 cm³/mol. The molecule has 1 aromatic carbocycles. The third kappa shape index (κ3) is 4.99. The highest BCUT2D eigenvalue weighted by Gasteiger charge is 2.30. The van der Waals surface area contributed by atoms with E-state index in [1.807, 2.05) is 0 Å². The van der Waals surface area contributed by atoms with Crippen LogP contribution in [0.1, 0.15) is 35.7 Å². The maximum Gasteiger partial charge on any atom is 0.362 e. The number of carbonyl (C=O) groups excluding carboxylic acids is 2. The van der Waals surface area contributed by atoms with Crippen LogP contribution in [-0.2, 0) is 14.3 Å². The van der Waals surface area contributed by atoms with Gasteiger partial charge in [0.1, 0.15) is 5.56 Å². The van der Waals surface area contributed by atoms with Crippen LogP contribution in [0.25, 0.3) is 0 Å². The molecule has 1 aromatic heterocycles. The number of nitrogens with one attached hydrogen (secondary N) is 1. The lowest BCUT2D eigenvalue weighted by Crippen LogP contribution is -2.22. The van der Waals surface area contributed by atoms with Crippen LogP contribution < -0.4 is 5.43 Å². The molecular formula is C17H17Cl2N3O5. The highest BCUT2D eigenvalue weighted by molar-refractivity contribution is 6.44. The van der Waals surface area contributed by atoms with Gasteiger partial charge in [-0.3, -0.25) is 5.43 Å². The number of esters is 2. The zero-order valence-corrected chi connectivity index (χ0v) is 16.3. The van der Waals surface area contributed by atoms with Crippen molar-refractivity contribution in [2.24, 2.45) is 5.10 Å². The summed E-state index contributed by atoms with van der Waals surface area (Å²) in [7, 11) is 0. The fourth-order valence-corrected chi connectivity index (χ4v) is 2.51. The maximum absolute atomic E-state index is 12.4. The summed E-state index contributed by atoms with van der Waals surface area (Å²) in [5.74, 6) is -1.66. The number of nitrogens with zero attached hydrogens (tertiary/aromatic N) is 2. The fourth-order valence-electron chi connectivity index (χ4n) is 2.06. The molecule has 0 bridgehead atoms. The van der Waals surface area contributed by atoms with Crippen molar-refractivity contribution in [1.29, 1.82) is 0 Å². The van der Waals surface area contributed by atoms with Crippen molar-refractivity contribution in [1.82, 2.24) is 5.16 Å². The van der Waals surface area contributed by atoms with E-state index in [-0.39, 0.29) is 41.0 Å². The predicted octanol–water partition coefficient (Wildman–Crippen LogP) is 3.85. The largest absolute Gasteiger partial charge is 0.462 e. The third-order valence-electron chi connectivity index (χ3n) is 3.25. The number of hydrogen-bond acceptors (Lipinski definition) is 8. The highest BCUT2D eigenvalue weighted by atomic mass is 35.5. The molecule has 27 heavy (non-hydrogen) atoms. The highest BCUT2D eigenvalue weighted by Crippen LogP contribution is 2.26. The van der Waals surface area contributed by atoms with Gasteiger partial charge in [-0.25, -0.2) is 9.59 Å². The molecule has 0 aliphatic carbocycles. The van der Waals surface area contributed by atoms with Crippen molar-refractivity contribution in [3.63, 3.8) is 0 Å². The molecule has 10 heteroatoms. The lowest BCUT2D eigenvalue weighted by atomic mass is 10.1. The summed E-state index contributed by atoms with van der Waals surface area (Å²) in [5, 5.41) is 8.47. The van der Waals surface area contributed by atoms with Gasteiger partial charge in [-0.1, -0.05) is 28.4 Å². The molecule has 1 heterocycles. The number of rotatable bonds is 7. The Hall–Kier alpha value is -2.58. The van der Waals surface area contributed by atoms with Crippen molar-refractivity contribution in [2.75, 3.05) is 18.6 Å². The first-order chi connectivity index (χ1) is 12.9. The monoisotopic (exact) mass is 413 g/mol. The van der Waals surface area contributed by atoms with Gasteiger partial charge in [0.15, 0.2) is 0 Å². The van der Waals surface area contributed by atoms with E-state index in [2.05, 4.69) is 15.7 Å². The Labute approximate surface area is 165 Å². The lowest BCUT2D eigenvalue weighted by molar-refractivity contribution is -0.135. The Morgan fingerprint density at radius 2 is 1.93 bits per heavy atom. The maximum atomic E-state index is 12.4. The molecule has 0 unspecified atom stereocenters. The molecule has 0 radical (unpaired) electrons. The quantitative estimate of drug-likeness (QED) is 0.417. The molecule has 0 saturated carbocycles. The first-order valence-electron chi connectivity index (χ1n) is 7.98. The van der Waals surface area contributed by atoms with Gasteiger partial charge in [-0.05, 0) is 39.0 Å². The van der Waals surface area contributed by atoms with Crippen LogP contribution in [0.4, 0.5) is 5.69 Å². The second kappa shape index (κ2) is 9.38. The molecule has 0 saturated heterocycles. The molecule has 1 N–H and O–H groups in total. The Morgan fingerprint density at radius 1 is 1.22 bits per heavy atom. The minimum atomic E-state index is -0.809. The molecule has 144 valence electrons. The standard InChI is InChI=1S/C17H17Cl2N3O5/c1-4-25-16(23)13-9(3)22-27-15(13)14(17(24)26-5-2)21-20-12-7-6-10(18)8-11(12)19/h6-8,20H,4-5H2,1-3H3/b21-14-. The van der Waals surface area contributed by atoms with E-state index in [9.17, 15) is 9.59 Å². The first kappa shape index (κ1) is 20.7. The van der Waals surface area contributed by atoms with Gasteiger partial charge in [-0.2, -0.15) is 5.10 Å². The smallest absolute Gasteiger partial charge is 0.362 e.